The van der Waals surface area contributed by atoms with Gasteiger partial charge in [-0.25, -0.2) is 8.42 Å². The number of amides is 1. The second-order valence-corrected chi connectivity index (χ2v) is 10.1. The third-order valence-electron chi connectivity index (χ3n) is 5.24. The number of methoxy groups -OCH3 is 1. The Kier molecular flexibility index (Phi) is 5.77. The van der Waals surface area contributed by atoms with Crippen LogP contribution in [0.4, 0.5) is 5.69 Å². The highest BCUT2D eigenvalue weighted by Crippen LogP contribution is 2.47. The first kappa shape index (κ1) is 21.4. The minimum absolute atomic E-state index is 0.134. The molecule has 0 aliphatic carbocycles. The fourth-order valence-electron chi connectivity index (χ4n) is 3.76. The number of anilines is 1. The van der Waals surface area contributed by atoms with E-state index in [1.165, 1.54) is 11.3 Å². The highest BCUT2D eigenvalue weighted by molar-refractivity contribution is 7.91. The van der Waals surface area contributed by atoms with Crippen LogP contribution in [0, 0.1) is 6.92 Å². The first-order chi connectivity index (χ1) is 14.8. The fourth-order valence-corrected chi connectivity index (χ4v) is 6.77. The van der Waals surface area contributed by atoms with Gasteiger partial charge in [-0.15, -0.1) is 11.3 Å². The standard InChI is InChI=1S/C23H23NO5S2/c1-4-29-19-11-15(8-9-18(19)28-3)17-12-21(25)24-22-20(13-30-23(17)22)31(26,27)16-7-5-6-14(2)10-16/h5-11,13,17H,4,12H2,1-3H3,(H,24,25). The number of hydrogen-bond acceptors (Lipinski definition) is 6. The van der Waals surface area contributed by atoms with Gasteiger partial charge in [-0.1, -0.05) is 18.2 Å². The summed E-state index contributed by atoms with van der Waals surface area (Å²) < 4.78 is 37.7. The minimum atomic E-state index is -3.77. The molecule has 31 heavy (non-hydrogen) atoms. The SMILES string of the molecule is CCOc1cc(C2CC(=O)Nc3c(S(=O)(=O)c4cccc(C)c4)csc32)ccc1OC. The molecule has 0 radical (unpaired) electrons. The number of fused-ring (bicyclic) bond motifs is 1. The van der Waals surface area contributed by atoms with Crippen LogP contribution in [0.5, 0.6) is 11.5 Å². The van der Waals surface area contributed by atoms with Crippen molar-refractivity contribution >= 4 is 32.8 Å². The van der Waals surface area contributed by atoms with E-state index in [0.717, 1.165) is 16.0 Å². The molecule has 1 N–H and O–H groups in total. The molecular formula is C23H23NO5S2. The number of aryl methyl sites for hydroxylation is 1. The van der Waals surface area contributed by atoms with E-state index in [0.29, 0.717) is 23.8 Å². The van der Waals surface area contributed by atoms with Crippen LogP contribution in [0.15, 0.2) is 57.6 Å². The molecule has 162 valence electrons. The fraction of sp³-hybridized carbons (Fsp3) is 0.261. The molecule has 1 aliphatic rings. The van der Waals surface area contributed by atoms with Crippen LogP contribution in [0.3, 0.4) is 0 Å². The van der Waals surface area contributed by atoms with Gasteiger partial charge in [0.25, 0.3) is 0 Å². The lowest BCUT2D eigenvalue weighted by Gasteiger charge is -2.24. The van der Waals surface area contributed by atoms with Gasteiger partial charge in [0.15, 0.2) is 11.5 Å². The van der Waals surface area contributed by atoms with Crippen molar-refractivity contribution in [3.8, 4) is 11.5 Å². The van der Waals surface area contributed by atoms with Crippen LogP contribution in [-0.2, 0) is 14.6 Å². The molecule has 0 saturated carbocycles. The van der Waals surface area contributed by atoms with Crippen molar-refractivity contribution in [1.29, 1.82) is 0 Å². The van der Waals surface area contributed by atoms with Crippen LogP contribution in [0.1, 0.15) is 35.3 Å². The normalized spacial score (nSPS) is 15.8. The van der Waals surface area contributed by atoms with E-state index in [2.05, 4.69) is 5.32 Å². The van der Waals surface area contributed by atoms with E-state index < -0.39 is 9.84 Å². The van der Waals surface area contributed by atoms with E-state index in [-0.39, 0.29) is 28.0 Å². The maximum Gasteiger partial charge on any atom is 0.225 e. The third-order valence-corrected chi connectivity index (χ3v) is 8.26. The van der Waals surface area contributed by atoms with Crippen molar-refractivity contribution in [2.45, 2.75) is 36.0 Å². The lowest BCUT2D eigenvalue weighted by Crippen LogP contribution is -2.23. The predicted molar refractivity (Wildman–Crippen MR) is 120 cm³/mol. The zero-order valence-corrected chi connectivity index (χ0v) is 19.1. The van der Waals surface area contributed by atoms with Crippen molar-refractivity contribution in [2.24, 2.45) is 0 Å². The van der Waals surface area contributed by atoms with Crippen LogP contribution in [-0.4, -0.2) is 28.0 Å². The van der Waals surface area contributed by atoms with Crippen LogP contribution < -0.4 is 14.8 Å². The smallest absolute Gasteiger partial charge is 0.225 e. The lowest BCUT2D eigenvalue weighted by atomic mass is 9.90. The summed E-state index contributed by atoms with van der Waals surface area (Å²) in [6, 6.07) is 12.3. The molecular weight excluding hydrogens is 434 g/mol. The molecule has 0 saturated heterocycles. The summed E-state index contributed by atoms with van der Waals surface area (Å²) in [6.45, 7) is 4.22. The summed E-state index contributed by atoms with van der Waals surface area (Å²) in [7, 11) is -2.19. The molecule has 1 unspecified atom stereocenters. The molecule has 0 bridgehead atoms. The first-order valence-electron chi connectivity index (χ1n) is 9.89. The third kappa shape index (κ3) is 3.93. The Balaban J connectivity index is 1.80. The zero-order valence-electron chi connectivity index (χ0n) is 17.5. The van der Waals surface area contributed by atoms with Gasteiger partial charge in [-0.05, 0) is 49.2 Å². The Morgan fingerprint density at radius 1 is 1.16 bits per heavy atom. The average molecular weight is 458 g/mol. The molecule has 1 aromatic heterocycles. The maximum absolute atomic E-state index is 13.3. The van der Waals surface area contributed by atoms with E-state index in [1.807, 2.05) is 38.1 Å². The van der Waals surface area contributed by atoms with Crippen LogP contribution in [0.25, 0.3) is 0 Å². The molecule has 8 heteroatoms. The summed E-state index contributed by atoms with van der Waals surface area (Å²) in [5.74, 6) is 0.727. The van der Waals surface area contributed by atoms with Gasteiger partial charge in [0.05, 0.1) is 24.3 Å². The predicted octanol–water partition coefficient (Wildman–Crippen LogP) is 4.77. The molecule has 0 fully saturated rings. The molecule has 2 heterocycles. The molecule has 3 aromatic rings. The Labute approximate surface area is 185 Å². The number of ether oxygens (including phenoxy) is 2. The monoisotopic (exact) mass is 457 g/mol. The highest BCUT2D eigenvalue weighted by atomic mass is 32.2. The summed E-state index contributed by atoms with van der Waals surface area (Å²) in [5.41, 5.74) is 2.11. The Bertz CT molecular complexity index is 1250. The van der Waals surface area contributed by atoms with Crippen molar-refractivity contribution in [3.63, 3.8) is 0 Å². The summed E-state index contributed by atoms with van der Waals surface area (Å²) in [5, 5.41) is 4.42. The van der Waals surface area contributed by atoms with Gasteiger partial charge in [-0.3, -0.25) is 4.79 Å². The highest BCUT2D eigenvalue weighted by Gasteiger charge is 2.34. The van der Waals surface area contributed by atoms with Crippen molar-refractivity contribution in [3.05, 3.63) is 63.8 Å². The van der Waals surface area contributed by atoms with Crippen molar-refractivity contribution in [1.82, 2.24) is 0 Å². The Hall–Kier alpha value is -2.84. The number of rotatable bonds is 6. The second kappa shape index (κ2) is 8.36. The molecule has 4 rings (SSSR count). The summed E-state index contributed by atoms with van der Waals surface area (Å²) >= 11 is 1.35. The number of hydrogen-bond donors (Lipinski definition) is 1. The lowest BCUT2D eigenvalue weighted by molar-refractivity contribution is -0.116. The van der Waals surface area contributed by atoms with Gasteiger partial charge in [-0.2, -0.15) is 0 Å². The molecule has 0 spiro atoms. The average Bonchev–Trinajstić information content (AvgIpc) is 3.18. The van der Waals surface area contributed by atoms with Gasteiger partial charge in [0.2, 0.25) is 15.7 Å². The topological polar surface area (TPSA) is 81.7 Å². The molecule has 1 amide bonds. The van der Waals surface area contributed by atoms with Gasteiger partial charge in [0.1, 0.15) is 4.90 Å². The van der Waals surface area contributed by atoms with Gasteiger partial charge < -0.3 is 14.8 Å². The number of benzene rings is 2. The molecule has 1 aliphatic heterocycles. The molecule has 6 nitrogen and oxygen atoms in total. The number of sulfone groups is 1. The summed E-state index contributed by atoms with van der Waals surface area (Å²) in [6.07, 6.45) is 0.231. The Morgan fingerprint density at radius 2 is 1.97 bits per heavy atom. The Morgan fingerprint density at radius 3 is 2.68 bits per heavy atom. The van der Waals surface area contributed by atoms with Crippen molar-refractivity contribution in [2.75, 3.05) is 19.0 Å². The van der Waals surface area contributed by atoms with Crippen LogP contribution >= 0.6 is 11.3 Å². The number of thiophene rings is 1. The van der Waals surface area contributed by atoms with E-state index >= 15 is 0 Å². The quantitative estimate of drug-likeness (QED) is 0.577. The second-order valence-electron chi connectivity index (χ2n) is 7.31. The number of carbonyl (C=O) groups is 1. The molecule has 1 atom stereocenters. The van der Waals surface area contributed by atoms with E-state index in [9.17, 15) is 13.2 Å². The first-order valence-corrected chi connectivity index (χ1v) is 12.2. The van der Waals surface area contributed by atoms with Gasteiger partial charge >= 0.3 is 0 Å². The number of nitrogens with one attached hydrogen (secondary N) is 1. The van der Waals surface area contributed by atoms with Crippen LogP contribution in [0.2, 0.25) is 0 Å². The minimum Gasteiger partial charge on any atom is -0.493 e. The van der Waals surface area contributed by atoms with E-state index in [1.54, 1.807) is 30.7 Å². The molecule has 2 aromatic carbocycles. The van der Waals surface area contributed by atoms with Crippen molar-refractivity contribution < 1.29 is 22.7 Å². The summed E-state index contributed by atoms with van der Waals surface area (Å²) in [4.78, 5) is 13.7. The maximum atomic E-state index is 13.3. The van der Waals surface area contributed by atoms with Gasteiger partial charge in [0, 0.05) is 22.6 Å². The van der Waals surface area contributed by atoms with E-state index in [4.69, 9.17) is 9.47 Å². The number of carbonyl (C=O) groups excluding carboxylic acids is 1. The largest absolute Gasteiger partial charge is 0.493 e. The zero-order chi connectivity index (χ0) is 22.2.